The molecule has 0 radical (unpaired) electrons. The normalized spacial score (nSPS) is 23.0. The lowest BCUT2D eigenvalue weighted by atomic mass is 9.93. The highest BCUT2D eigenvalue weighted by Crippen LogP contribution is 2.32. The van der Waals surface area contributed by atoms with Gasteiger partial charge in [-0.05, 0) is 31.9 Å². The lowest BCUT2D eigenvalue weighted by molar-refractivity contribution is 0.114. The topological polar surface area (TPSA) is 61.7 Å². The number of nitrogens with zero attached hydrogens (tertiary/aromatic N) is 4. The highest BCUT2D eigenvalue weighted by atomic mass is 16.5. The Morgan fingerprint density at radius 2 is 1.68 bits per heavy atom. The first kappa shape index (κ1) is 16.5. The SMILES string of the molecule is C[C@H](O)[C@H]1CCCN(c2nc3ccccc3nc2N2CCOCC2)C1. The second kappa shape index (κ2) is 7.14. The predicted octanol–water partition coefficient (Wildman–Crippen LogP) is 2.06. The second-order valence-electron chi connectivity index (χ2n) is 7.05. The second-order valence-corrected chi connectivity index (χ2v) is 7.05. The van der Waals surface area contributed by atoms with Crippen molar-refractivity contribution < 1.29 is 9.84 Å². The Morgan fingerprint density at radius 1 is 1.04 bits per heavy atom. The molecule has 0 spiro atoms. The van der Waals surface area contributed by atoms with Crippen LogP contribution in [-0.2, 0) is 4.74 Å². The summed E-state index contributed by atoms with van der Waals surface area (Å²) in [5, 5.41) is 10.0. The van der Waals surface area contributed by atoms with Crippen molar-refractivity contribution in [2.24, 2.45) is 5.92 Å². The van der Waals surface area contributed by atoms with E-state index in [1.54, 1.807) is 0 Å². The van der Waals surface area contributed by atoms with E-state index in [1.165, 1.54) is 0 Å². The molecule has 134 valence electrons. The van der Waals surface area contributed by atoms with Crippen LogP contribution in [0.1, 0.15) is 19.8 Å². The van der Waals surface area contributed by atoms with Gasteiger partial charge in [0.25, 0.3) is 0 Å². The minimum absolute atomic E-state index is 0.289. The molecule has 2 aliphatic rings. The van der Waals surface area contributed by atoms with E-state index in [4.69, 9.17) is 14.7 Å². The number of hydrogen-bond donors (Lipinski definition) is 1. The fraction of sp³-hybridized carbons (Fsp3) is 0.579. The number of aromatic nitrogens is 2. The largest absolute Gasteiger partial charge is 0.393 e. The van der Waals surface area contributed by atoms with Crippen LogP contribution in [0.3, 0.4) is 0 Å². The summed E-state index contributed by atoms with van der Waals surface area (Å²) in [6.45, 7) is 6.83. The summed E-state index contributed by atoms with van der Waals surface area (Å²) >= 11 is 0. The zero-order valence-electron chi connectivity index (χ0n) is 14.8. The Balaban J connectivity index is 1.74. The van der Waals surface area contributed by atoms with Crippen molar-refractivity contribution in [3.63, 3.8) is 0 Å². The molecule has 25 heavy (non-hydrogen) atoms. The van der Waals surface area contributed by atoms with Crippen LogP contribution < -0.4 is 9.80 Å². The molecule has 6 nitrogen and oxygen atoms in total. The van der Waals surface area contributed by atoms with Gasteiger partial charge in [-0.15, -0.1) is 0 Å². The van der Waals surface area contributed by atoms with Crippen LogP contribution in [0.2, 0.25) is 0 Å². The van der Waals surface area contributed by atoms with Crippen LogP contribution in [0.4, 0.5) is 11.6 Å². The third-order valence-electron chi connectivity index (χ3n) is 5.28. The maximum absolute atomic E-state index is 10.0. The van der Waals surface area contributed by atoms with Crippen LogP contribution >= 0.6 is 0 Å². The molecule has 0 aliphatic carbocycles. The number of hydrogen-bond acceptors (Lipinski definition) is 6. The number of rotatable bonds is 3. The van der Waals surface area contributed by atoms with E-state index in [1.807, 2.05) is 31.2 Å². The van der Waals surface area contributed by atoms with E-state index in [0.29, 0.717) is 5.92 Å². The van der Waals surface area contributed by atoms with Gasteiger partial charge in [0.05, 0.1) is 30.4 Å². The number of morpholine rings is 1. The zero-order valence-corrected chi connectivity index (χ0v) is 14.8. The van der Waals surface area contributed by atoms with Gasteiger partial charge in [0.2, 0.25) is 0 Å². The summed E-state index contributed by atoms with van der Waals surface area (Å²) < 4.78 is 5.51. The smallest absolute Gasteiger partial charge is 0.172 e. The molecule has 2 aliphatic heterocycles. The fourth-order valence-electron chi connectivity index (χ4n) is 3.78. The van der Waals surface area contributed by atoms with E-state index in [0.717, 1.165) is 74.9 Å². The van der Waals surface area contributed by atoms with Crippen molar-refractivity contribution in [1.82, 2.24) is 9.97 Å². The van der Waals surface area contributed by atoms with Gasteiger partial charge in [-0.25, -0.2) is 9.97 Å². The molecule has 1 N–H and O–H groups in total. The first-order valence-electron chi connectivity index (χ1n) is 9.25. The molecule has 2 saturated heterocycles. The number of ether oxygens (including phenoxy) is 1. The van der Waals surface area contributed by atoms with Gasteiger partial charge >= 0.3 is 0 Å². The first-order valence-corrected chi connectivity index (χ1v) is 9.25. The number of aliphatic hydroxyl groups is 1. The van der Waals surface area contributed by atoms with Crippen molar-refractivity contribution >= 4 is 22.7 Å². The number of fused-ring (bicyclic) bond motifs is 1. The number of piperidine rings is 1. The number of anilines is 2. The summed E-state index contributed by atoms with van der Waals surface area (Å²) in [6.07, 6.45) is 1.86. The lowest BCUT2D eigenvalue weighted by Gasteiger charge is -2.37. The van der Waals surface area contributed by atoms with Gasteiger partial charge in [-0.1, -0.05) is 12.1 Å². The van der Waals surface area contributed by atoms with E-state index in [2.05, 4.69) is 9.80 Å². The average Bonchev–Trinajstić information content (AvgIpc) is 2.67. The van der Waals surface area contributed by atoms with Crippen molar-refractivity contribution in [2.75, 3.05) is 49.2 Å². The first-order chi connectivity index (χ1) is 12.2. The van der Waals surface area contributed by atoms with Crippen LogP contribution in [-0.4, -0.2) is 60.6 Å². The zero-order chi connectivity index (χ0) is 17.2. The molecular formula is C19H26N4O2. The maximum atomic E-state index is 10.0. The predicted molar refractivity (Wildman–Crippen MR) is 99.2 cm³/mol. The number of para-hydroxylation sites is 2. The molecule has 0 bridgehead atoms. The van der Waals surface area contributed by atoms with E-state index in [-0.39, 0.29) is 6.10 Å². The molecular weight excluding hydrogens is 316 g/mol. The van der Waals surface area contributed by atoms with Crippen molar-refractivity contribution in [3.05, 3.63) is 24.3 Å². The average molecular weight is 342 g/mol. The highest BCUT2D eigenvalue weighted by molar-refractivity contribution is 5.81. The lowest BCUT2D eigenvalue weighted by Crippen LogP contribution is -2.42. The van der Waals surface area contributed by atoms with Crippen LogP contribution in [0.15, 0.2) is 24.3 Å². The Morgan fingerprint density at radius 3 is 2.32 bits per heavy atom. The monoisotopic (exact) mass is 342 g/mol. The third kappa shape index (κ3) is 3.41. The summed E-state index contributed by atoms with van der Waals surface area (Å²) in [5.74, 6) is 2.19. The van der Waals surface area contributed by atoms with Crippen molar-refractivity contribution in [3.8, 4) is 0 Å². The molecule has 0 unspecified atom stereocenters. The molecule has 2 fully saturated rings. The molecule has 3 heterocycles. The molecule has 6 heteroatoms. The fourth-order valence-corrected chi connectivity index (χ4v) is 3.78. The maximum Gasteiger partial charge on any atom is 0.172 e. The standard InChI is InChI=1S/C19H26N4O2/c1-14(24)15-5-4-8-23(13-15)19-18(22-9-11-25-12-10-22)20-16-6-2-3-7-17(16)21-19/h2-3,6-7,14-15,24H,4-5,8-13H2,1H3/t14-,15-/m0/s1. The van der Waals surface area contributed by atoms with E-state index >= 15 is 0 Å². The molecule has 2 aromatic rings. The number of benzene rings is 1. The molecule has 0 saturated carbocycles. The van der Waals surface area contributed by atoms with Crippen LogP contribution in [0, 0.1) is 5.92 Å². The van der Waals surface area contributed by atoms with E-state index in [9.17, 15) is 5.11 Å². The Bertz CT molecular complexity index is 730. The van der Waals surface area contributed by atoms with Gasteiger partial charge in [-0.2, -0.15) is 0 Å². The minimum Gasteiger partial charge on any atom is -0.393 e. The Kier molecular flexibility index (Phi) is 4.72. The van der Waals surface area contributed by atoms with E-state index < -0.39 is 0 Å². The summed E-state index contributed by atoms with van der Waals surface area (Å²) in [6, 6.07) is 8.05. The van der Waals surface area contributed by atoms with Gasteiger partial charge < -0.3 is 19.6 Å². The van der Waals surface area contributed by atoms with Gasteiger partial charge in [0, 0.05) is 32.1 Å². The molecule has 4 rings (SSSR count). The Hall–Kier alpha value is -1.92. The third-order valence-corrected chi connectivity index (χ3v) is 5.28. The Labute approximate surface area is 148 Å². The van der Waals surface area contributed by atoms with Gasteiger partial charge in [-0.3, -0.25) is 0 Å². The minimum atomic E-state index is -0.289. The molecule has 1 aromatic carbocycles. The summed E-state index contributed by atoms with van der Waals surface area (Å²) in [7, 11) is 0. The van der Waals surface area contributed by atoms with Gasteiger partial charge in [0.15, 0.2) is 11.6 Å². The molecule has 1 aromatic heterocycles. The quantitative estimate of drug-likeness (QED) is 0.921. The molecule has 2 atom stereocenters. The van der Waals surface area contributed by atoms with Crippen LogP contribution in [0.25, 0.3) is 11.0 Å². The molecule has 0 amide bonds. The van der Waals surface area contributed by atoms with Crippen molar-refractivity contribution in [1.29, 1.82) is 0 Å². The summed E-state index contributed by atoms with van der Waals surface area (Å²) in [5.41, 5.74) is 1.85. The number of aliphatic hydroxyl groups excluding tert-OH is 1. The van der Waals surface area contributed by atoms with Crippen LogP contribution in [0.5, 0.6) is 0 Å². The summed E-state index contributed by atoms with van der Waals surface area (Å²) in [4.78, 5) is 14.5. The van der Waals surface area contributed by atoms with Gasteiger partial charge in [0.1, 0.15) is 0 Å². The van der Waals surface area contributed by atoms with Crippen molar-refractivity contribution in [2.45, 2.75) is 25.9 Å². The highest BCUT2D eigenvalue weighted by Gasteiger charge is 2.28.